The Morgan fingerprint density at radius 3 is 2.79 bits per heavy atom. The van der Waals surface area contributed by atoms with E-state index in [2.05, 4.69) is 5.32 Å². The van der Waals surface area contributed by atoms with Crippen LogP contribution < -0.4 is 5.32 Å². The minimum Gasteiger partial charge on any atom is -0.369 e. The highest BCUT2D eigenvalue weighted by Crippen LogP contribution is 2.24. The lowest BCUT2D eigenvalue weighted by Gasteiger charge is -2.27. The average molecular weight is 234 g/mol. The molecular formula is C10H13Cl2NO. The van der Waals surface area contributed by atoms with Crippen molar-refractivity contribution in [1.29, 1.82) is 0 Å². The van der Waals surface area contributed by atoms with Gasteiger partial charge >= 0.3 is 0 Å². The molecule has 0 aromatic rings. The fourth-order valence-corrected chi connectivity index (χ4v) is 1.52. The average Bonchev–Trinajstić information content (AvgIpc) is 2.16. The van der Waals surface area contributed by atoms with Gasteiger partial charge in [-0.15, -0.1) is 11.6 Å². The van der Waals surface area contributed by atoms with Gasteiger partial charge in [-0.2, -0.15) is 0 Å². The molecule has 2 nitrogen and oxygen atoms in total. The highest BCUT2D eigenvalue weighted by atomic mass is 35.5. The van der Waals surface area contributed by atoms with Crippen molar-refractivity contribution < 1.29 is 4.79 Å². The Morgan fingerprint density at radius 1 is 1.64 bits per heavy atom. The van der Waals surface area contributed by atoms with Gasteiger partial charge in [-0.3, -0.25) is 0 Å². The lowest BCUT2D eigenvalue weighted by molar-refractivity contribution is -0.117. The van der Waals surface area contributed by atoms with Gasteiger partial charge in [0.25, 0.3) is 0 Å². The summed E-state index contributed by atoms with van der Waals surface area (Å²) in [4.78, 5) is 10.2. The van der Waals surface area contributed by atoms with E-state index in [1.165, 1.54) is 0 Å². The molecule has 0 radical (unpaired) electrons. The van der Waals surface area contributed by atoms with Gasteiger partial charge in [0.1, 0.15) is 10.8 Å². The van der Waals surface area contributed by atoms with Gasteiger partial charge < -0.3 is 10.1 Å². The molecule has 0 aromatic heterocycles. The van der Waals surface area contributed by atoms with Gasteiger partial charge in [0, 0.05) is 18.5 Å². The van der Waals surface area contributed by atoms with Gasteiger partial charge in [0.15, 0.2) is 0 Å². The topological polar surface area (TPSA) is 29.1 Å². The monoisotopic (exact) mass is 233 g/mol. The first-order valence-corrected chi connectivity index (χ1v) is 5.37. The van der Waals surface area contributed by atoms with Crippen molar-refractivity contribution in [3.63, 3.8) is 0 Å². The van der Waals surface area contributed by atoms with Crippen molar-refractivity contribution in [2.45, 2.75) is 24.8 Å². The van der Waals surface area contributed by atoms with E-state index in [4.69, 9.17) is 23.2 Å². The predicted octanol–water partition coefficient (Wildman–Crippen LogP) is 2.57. The van der Waals surface area contributed by atoms with E-state index < -0.39 is 5.00 Å². The third kappa shape index (κ3) is 3.35. The number of ketones is 1. The molecule has 14 heavy (non-hydrogen) atoms. The van der Waals surface area contributed by atoms with Crippen LogP contribution >= 0.6 is 23.2 Å². The fraction of sp³-hybridized carbons (Fsp3) is 0.500. The first-order chi connectivity index (χ1) is 6.56. The van der Waals surface area contributed by atoms with Crippen molar-refractivity contribution in [2.75, 3.05) is 5.88 Å². The van der Waals surface area contributed by atoms with Crippen LogP contribution in [0.4, 0.5) is 0 Å². The number of carbonyl (C=O) groups excluding carboxylic acids is 1. The van der Waals surface area contributed by atoms with Crippen LogP contribution in [0.1, 0.15) is 19.8 Å². The SMILES string of the molecule is CC(=O)CCC1(Cl)C=CC(CCl)=CN1. The second-order valence-electron chi connectivity index (χ2n) is 3.40. The Morgan fingerprint density at radius 2 is 2.36 bits per heavy atom. The van der Waals surface area contributed by atoms with Crippen LogP contribution in [-0.2, 0) is 4.79 Å². The second-order valence-corrected chi connectivity index (χ2v) is 4.34. The number of allylic oxidation sites excluding steroid dienone is 2. The number of Topliss-reactive ketones (excluding diaryl/α,β-unsaturated/α-hetero) is 1. The van der Waals surface area contributed by atoms with Crippen LogP contribution in [-0.4, -0.2) is 16.7 Å². The largest absolute Gasteiger partial charge is 0.369 e. The maximum atomic E-state index is 10.8. The summed E-state index contributed by atoms with van der Waals surface area (Å²) in [6, 6.07) is 0. The number of dihydropyridines is 1. The molecule has 78 valence electrons. The fourth-order valence-electron chi connectivity index (χ4n) is 1.14. The van der Waals surface area contributed by atoms with E-state index >= 15 is 0 Å². The zero-order valence-electron chi connectivity index (χ0n) is 8.02. The number of hydrogen-bond acceptors (Lipinski definition) is 2. The Hall–Kier alpha value is -0.470. The summed E-state index contributed by atoms with van der Waals surface area (Å²) in [6.07, 6.45) is 6.59. The highest BCUT2D eigenvalue weighted by molar-refractivity contribution is 6.25. The molecule has 0 aliphatic carbocycles. The van der Waals surface area contributed by atoms with Crippen molar-refractivity contribution in [3.8, 4) is 0 Å². The lowest BCUT2D eigenvalue weighted by Crippen LogP contribution is -2.36. The van der Waals surface area contributed by atoms with Crippen molar-refractivity contribution in [3.05, 3.63) is 23.9 Å². The van der Waals surface area contributed by atoms with Crippen LogP contribution in [0.3, 0.4) is 0 Å². The Kier molecular flexibility index (Phi) is 4.02. The third-order valence-corrected chi connectivity index (χ3v) is 2.79. The molecule has 1 aliphatic rings. The van der Waals surface area contributed by atoms with E-state index in [-0.39, 0.29) is 5.78 Å². The van der Waals surface area contributed by atoms with Crippen molar-refractivity contribution in [2.24, 2.45) is 0 Å². The molecule has 1 N–H and O–H groups in total. The molecule has 0 fully saturated rings. The van der Waals surface area contributed by atoms with E-state index in [1.54, 1.807) is 13.1 Å². The first-order valence-electron chi connectivity index (χ1n) is 4.46. The molecule has 1 heterocycles. The molecule has 0 saturated carbocycles. The molecule has 1 rings (SSSR count). The molecule has 0 aromatic carbocycles. The quantitative estimate of drug-likeness (QED) is 0.598. The molecule has 0 bridgehead atoms. The van der Waals surface area contributed by atoms with Crippen LogP contribution in [0.2, 0.25) is 0 Å². The smallest absolute Gasteiger partial charge is 0.131 e. The summed E-state index contributed by atoms with van der Waals surface area (Å²) in [6.45, 7) is 1.56. The summed E-state index contributed by atoms with van der Waals surface area (Å²) < 4.78 is 0. The second kappa shape index (κ2) is 4.85. The maximum absolute atomic E-state index is 10.8. The molecule has 1 atom stereocenters. The number of nitrogens with one attached hydrogen (secondary N) is 1. The van der Waals surface area contributed by atoms with Gasteiger partial charge in [-0.05, 0) is 25.0 Å². The number of carbonyl (C=O) groups is 1. The predicted molar refractivity (Wildman–Crippen MR) is 59.6 cm³/mol. The molecule has 1 aliphatic heterocycles. The minimum absolute atomic E-state index is 0.146. The number of hydrogen-bond donors (Lipinski definition) is 1. The summed E-state index contributed by atoms with van der Waals surface area (Å²) in [7, 11) is 0. The zero-order chi connectivity index (χ0) is 10.6. The molecular weight excluding hydrogens is 221 g/mol. The number of alkyl halides is 2. The van der Waals surface area contributed by atoms with Gasteiger partial charge in [-0.25, -0.2) is 0 Å². The normalized spacial score (nSPS) is 25.5. The standard InChI is InChI=1S/C10H13Cl2NO/c1-8(14)2-4-10(12)5-3-9(6-11)7-13-10/h3,5,7,13H,2,4,6H2,1H3. The maximum Gasteiger partial charge on any atom is 0.131 e. The van der Waals surface area contributed by atoms with Gasteiger partial charge in [0.2, 0.25) is 0 Å². The van der Waals surface area contributed by atoms with Crippen molar-refractivity contribution in [1.82, 2.24) is 5.32 Å². The summed E-state index contributed by atoms with van der Waals surface area (Å²) in [5, 5.41) is 3.03. The highest BCUT2D eigenvalue weighted by Gasteiger charge is 2.24. The van der Waals surface area contributed by atoms with Crippen LogP contribution in [0, 0.1) is 0 Å². The van der Waals surface area contributed by atoms with Crippen LogP contribution in [0.5, 0.6) is 0 Å². The van der Waals surface area contributed by atoms with E-state index in [9.17, 15) is 4.79 Å². The first kappa shape index (κ1) is 11.6. The van der Waals surface area contributed by atoms with Crippen molar-refractivity contribution >= 4 is 29.0 Å². The molecule has 4 heteroatoms. The lowest BCUT2D eigenvalue weighted by atomic mass is 10.1. The number of rotatable bonds is 4. The Bertz CT molecular complexity index is 286. The number of halogens is 2. The van der Waals surface area contributed by atoms with Gasteiger partial charge in [0.05, 0.1) is 0 Å². The van der Waals surface area contributed by atoms with E-state index in [0.29, 0.717) is 18.7 Å². The zero-order valence-corrected chi connectivity index (χ0v) is 9.53. The minimum atomic E-state index is -0.624. The van der Waals surface area contributed by atoms with Gasteiger partial charge in [-0.1, -0.05) is 17.7 Å². The molecule has 1 unspecified atom stereocenters. The molecule has 0 spiro atoms. The summed E-state index contributed by atoms with van der Waals surface area (Å²) in [5.74, 6) is 0.607. The summed E-state index contributed by atoms with van der Waals surface area (Å²) in [5.41, 5.74) is 0.991. The van der Waals surface area contributed by atoms with E-state index in [0.717, 1.165) is 5.57 Å². The third-order valence-electron chi connectivity index (χ3n) is 2.05. The Balaban J connectivity index is 2.51. The molecule has 0 saturated heterocycles. The summed E-state index contributed by atoms with van der Waals surface area (Å²) >= 11 is 11.8. The molecule has 0 amide bonds. The van der Waals surface area contributed by atoms with E-state index in [1.807, 2.05) is 12.2 Å². The van der Waals surface area contributed by atoms with Crippen LogP contribution in [0.15, 0.2) is 23.9 Å². The van der Waals surface area contributed by atoms with Crippen LogP contribution in [0.25, 0.3) is 0 Å². The Labute approximate surface area is 94.0 Å².